The van der Waals surface area contributed by atoms with E-state index >= 15 is 0 Å². The van der Waals surface area contributed by atoms with Gasteiger partial charge in [0.1, 0.15) is 19.0 Å². The highest BCUT2D eigenvalue weighted by Gasteiger charge is 2.24. The van der Waals surface area contributed by atoms with Crippen LogP contribution in [-0.4, -0.2) is 37.7 Å². The highest BCUT2D eigenvalue weighted by atomic mass is 32.2. The lowest BCUT2D eigenvalue weighted by Gasteiger charge is -2.29. The fourth-order valence-corrected chi connectivity index (χ4v) is 4.44. The van der Waals surface area contributed by atoms with Crippen molar-refractivity contribution >= 4 is 10.0 Å². The van der Waals surface area contributed by atoms with Gasteiger partial charge in [0.15, 0.2) is 11.5 Å². The lowest BCUT2D eigenvalue weighted by Crippen LogP contribution is -2.28. The molecule has 0 bridgehead atoms. The van der Waals surface area contributed by atoms with Gasteiger partial charge in [-0.2, -0.15) is 0 Å². The Labute approximate surface area is 153 Å². The van der Waals surface area contributed by atoms with Crippen LogP contribution in [0.15, 0.2) is 29.3 Å². The number of imidazole rings is 1. The highest BCUT2D eigenvalue weighted by molar-refractivity contribution is 7.89. The molecule has 8 heteroatoms. The summed E-state index contributed by atoms with van der Waals surface area (Å²) in [6.07, 6.45) is 6.02. The third kappa shape index (κ3) is 3.31. The molecule has 1 aliphatic heterocycles. The molecule has 0 radical (unpaired) electrons. The first-order valence-corrected chi connectivity index (χ1v) is 10.4. The molecule has 1 aromatic carbocycles. The van der Waals surface area contributed by atoms with Crippen molar-refractivity contribution in [2.24, 2.45) is 0 Å². The van der Waals surface area contributed by atoms with Crippen LogP contribution in [0.3, 0.4) is 0 Å². The predicted octanol–water partition coefficient (Wildman–Crippen LogP) is 2.21. The zero-order valence-electron chi connectivity index (χ0n) is 14.8. The van der Waals surface area contributed by atoms with Crippen molar-refractivity contribution in [3.05, 3.63) is 35.9 Å². The molecule has 7 nitrogen and oxygen atoms in total. The van der Waals surface area contributed by atoms with E-state index < -0.39 is 10.0 Å². The largest absolute Gasteiger partial charge is 0.486 e. The Bertz CT molecular complexity index is 903. The molecule has 140 valence electrons. The summed E-state index contributed by atoms with van der Waals surface area (Å²) in [5.41, 5.74) is 1.14. The molecule has 0 spiro atoms. The van der Waals surface area contributed by atoms with Crippen LogP contribution in [0.2, 0.25) is 0 Å². The van der Waals surface area contributed by atoms with Crippen molar-refractivity contribution in [3.8, 4) is 11.5 Å². The van der Waals surface area contributed by atoms with E-state index in [1.165, 1.54) is 31.4 Å². The summed E-state index contributed by atoms with van der Waals surface area (Å²) in [7, 11) is -3.60. The van der Waals surface area contributed by atoms with E-state index in [0.717, 1.165) is 11.5 Å². The minimum atomic E-state index is -3.60. The number of benzene rings is 1. The molecule has 0 unspecified atom stereocenters. The van der Waals surface area contributed by atoms with Crippen molar-refractivity contribution in [2.75, 3.05) is 19.8 Å². The highest BCUT2D eigenvalue weighted by Crippen LogP contribution is 2.34. The summed E-state index contributed by atoms with van der Waals surface area (Å²) in [5.74, 6) is 1.99. The van der Waals surface area contributed by atoms with E-state index in [-0.39, 0.29) is 4.90 Å². The maximum Gasteiger partial charge on any atom is 0.240 e. The van der Waals surface area contributed by atoms with Gasteiger partial charge in [-0.15, -0.1) is 0 Å². The Morgan fingerprint density at radius 1 is 1.23 bits per heavy atom. The predicted molar refractivity (Wildman–Crippen MR) is 96.2 cm³/mol. The summed E-state index contributed by atoms with van der Waals surface area (Å²) in [5, 5.41) is 0. The van der Waals surface area contributed by atoms with E-state index in [2.05, 4.69) is 14.3 Å². The lowest BCUT2D eigenvalue weighted by molar-refractivity contribution is 0.171. The fourth-order valence-electron chi connectivity index (χ4n) is 3.40. The summed E-state index contributed by atoms with van der Waals surface area (Å²) >= 11 is 0. The third-order valence-corrected chi connectivity index (χ3v) is 6.42. The van der Waals surface area contributed by atoms with Gasteiger partial charge in [0, 0.05) is 37.0 Å². The molecule has 2 aliphatic rings. The Balaban J connectivity index is 1.43. The third-order valence-electron chi connectivity index (χ3n) is 4.96. The lowest BCUT2D eigenvalue weighted by atomic mass is 9.92. The van der Waals surface area contributed by atoms with Crippen LogP contribution in [-0.2, 0) is 16.4 Å². The second kappa shape index (κ2) is 6.92. The molecule has 2 heterocycles. The number of hydrogen-bond donors (Lipinski definition) is 1. The molecular formula is C18H23N3O4S. The second-order valence-electron chi connectivity index (χ2n) is 6.72. The van der Waals surface area contributed by atoms with E-state index in [0.29, 0.717) is 43.7 Å². The first-order chi connectivity index (χ1) is 12.5. The SMILES string of the molecule is Cc1cnc(CCNS(=O)(=O)c2ccc3c(c2)OCCO3)n1C1CCC1. The normalized spacial score (nSPS) is 17.1. The molecular weight excluding hydrogens is 354 g/mol. The van der Waals surface area contributed by atoms with Gasteiger partial charge in [0.25, 0.3) is 0 Å². The molecule has 0 amide bonds. The molecule has 1 fully saturated rings. The topological polar surface area (TPSA) is 82.5 Å². The standard InChI is InChI=1S/C18H23N3O4S/c1-13-12-19-18(21(13)14-3-2-4-14)7-8-20-26(22,23)15-5-6-16-17(11-15)25-10-9-24-16/h5-6,11-12,14,20H,2-4,7-10H2,1H3. The number of nitrogens with zero attached hydrogens (tertiary/aromatic N) is 2. The summed E-state index contributed by atoms with van der Waals surface area (Å²) in [4.78, 5) is 4.64. The van der Waals surface area contributed by atoms with Crippen LogP contribution in [0.1, 0.15) is 36.8 Å². The first kappa shape index (κ1) is 17.4. The number of aromatic nitrogens is 2. The number of nitrogens with one attached hydrogen (secondary N) is 1. The zero-order valence-corrected chi connectivity index (χ0v) is 15.6. The van der Waals surface area contributed by atoms with Crippen molar-refractivity contribution in [3.63, 3.8) is 0 Å². The smallest absolute Gasteiger partial charge is 0.240 e. The number of fused-ring (bicyclic) bond motifs is 1. The van der Waals surface area contributed by atoms with Crippen molar-refractivity contribution in [1.82, 2.24) is 14.3 Å². The molecule has 1 N–H and O–H groups in total. The van der Waals surface area contributed by atoms with E-state index in [1.807, 2.05) is 13.1 Å². The van der Waals surface area contributed by atoms with Crippen molar-refractivity contribution in [1.29, 1.82) is 0 Å². The minimum Gasteiger partial charge on any atom is -0.486 e. The molecule has 0 saturated heterocycles. The van der Waals surface area contributed by atoms with E-state index in [1.54, 1.807) is 6.07 Å². The van der Waals surface area contributed by atoms with Gasteiger partial charge in [0.2, 0.25) is 10.0 Å². The molecule has 1 aromatic heterocycles. The van der Waals surface area contributed by atoms with Gasteiger partial charge in [0.05, 0.1) is 4.90 Å². The van der Waals surface area contributed by atoms with Gasteiger partial charge in [-0.3, -0.25) is 0 Å². The average Bonchev–Trinajstić information content (AvgIpc) is 2.94. The minimum absolute atomic E-state index is 0.181. The molecule has 1 saturated carbocycles. The van der Waals surface area contributed by atoms with Crippen LogP contribution < -0.4 is 14.2 Å². The first-order valence-electron chi connectivity index (χ1n) is 8.96. The van der Waals surface area contributed by atoms with Gasteiger partial charge >= 0.3 is 0 Å². The molecule has 0 atom stereocenters. The average molecular weight is 377 g/mol. The van der Waals surface area contributed by atoms with Crippen LogP contribution in [0.4, 0.5) is 0 Å². The van der Waals surface area contributed by atoms with Crippen molar-refractivity contribution in [2.45, 2.75) is 43.5 Å². The fraction of sp³-hybridized carbons (Fsp3) is 0.500. The summed E-state index contributed by atoms with van der Waals surface area (Å²) in [6, 6.07) is 5.20. The van der Waals surface area contributed by atoms with Crippen LogP contribution in [0.5, 0.6) is 11.5 Å². The molecule has 4 rings (SSSR count). The van der Waals surface area contributed by atoms with Crippen LogP contribution >= 0.6 is 0 Å². The number of hydrogen-bond acceptors (Lipinski definition) is 5. The Morgan fingerprint density at radius 3 is 2.73 bits per heavy atom. The molecule has 26 heavy (non-hydrogen) atoms. The van der Waals surface area contributed by atoms with Gasteiger partial charge in [-0.25, -0.2) is 18.1 Å². The molecule has 2 aromatic rings. The zero-order chi connectivity index (χ0) is 18.1. The van der Waals surface area contributed by atoms with E-state index in [4.69, 9.17) is 9.47 Å². The summed E-state index contributed by atoms with van der Waals surface area (Å²) in [6.45, 7) is 3.26. The number of sulfonamides is 1. The number of aryl methyl sites for hydroxylation is 1. The van der Waals surface area contributed by atoms with Crippen LogP contribution in [0, 0.1) is 6.92 Å². The van der Waals surface area contributed by atoms with Gasteiger partial charge < -0.3 is 14.0 Å². The van der Waals surface area contributed by atoms with E-state index in [9.17, 15) is 8.42 Å². The number of rotatable bonds is 6. The number of ether oxygens (including phenoxy) is 2. The molecule has 1 aliphatic carbocycles. The van der Waals surface area contributed by atoms with Crippen LogP contribution in [0.25, 0.3) is 0 Å². The Hall–Kier alpha value is -2.06. The van der Waals surface area contributed by atoms with Gasteiger partial charge in [-0.1, -0.05) is 0 Å². The monoisotopic (exact) mass is 377 g/mol. The van der Waals surface area contributed by atoms with Crippen molar-refractivity contribution < 1.29 is 17.9 Å². The maximum atomic E-state index is 12.6. The quantitative estimate of drug-likeness (QED) is 0.835. The second-order valence-corrected chi connectivity index (χ2v) is 8.49. The maximum absolute atomic E-state index is 12.6. The Kier molecular flexibility index (Phi) is 4.62. The summed E-state index contributed by atoms with van der Waals surface area (Å²) < 4.78 is 40.9. The Morgan fingerprint density at radius 2 is 2.00 bits per heavy atom. The van der Waals surface area contributed by atoms with Gasteiger partial charge in [-0.05, 0) is 38.3 Å².